The number of halogens is 2. The Morgan fingerprint density at radius 3 is 2.58 bits per heavy atom. The third kappa shape index (κ3) is 3.46. The van der Waals surface area contributed by atoms with Crippen molar-refractivity contribution in [2.75, 3.05) is 11.9 Å². The van der Waals surface area contributed by atoms with Crippen LogP contribution in [0.25, 0.3) is 0 Å². The van der Waals surface area contributed by atoms with Gasteiger partial charge in [-0.2, -0.15) is 0 Å². The van der Waals surface area contributed by atoms with E-state index in [0.717, 1.165) is 11.1 Å². The maximum atomic E-state index is 5.84. The van der Waals surface area contributed by atoms with Crippen molar-refractivity contribution in [1.29, 1.82) is 0 Å². The number of hydrogen-bond donors (Lipinski definition) is 0. The predicted molar refractivity (Wildman–Crippen MR) is 55.4 cm³/mol. The van der Waals surface area contributed by atoms with E-state index >= 15 is 0 Å². The van der Waals surface area contributed by atoms with Gasteiger partial charge in [0.05, 0.1) is 5.38 Å². The standard InChI is InChI=1S/C9H10BrClO/c10-6-8(11)7-12-9-4-2-1-3-5-9/h1-5,8H,6-7H2. The summed E-state index contributed by atoms with van der Waals surface area (Å²) in [6.45, 7) is 0.539. The summed E-state index contributed by atoms with van der Waals surface area (Å²) in [5.41, 5.74) is 0. The Morgan fingerprint density at radius 1 is 1.33 bits per heavy atom. The van der Waals surface area contributed by atoms with E-state index in [1.54, 1.807) is 0 Å². The molecule has 3 heteroatoms. The first-order valence-electron chi connectivity index (χ1n) is 3.71. The lowest BCUT2D eigenvalue weighted by atomic mass is 10.3. The van der Waals surface area contributed by atoms with Crippen molar-refractivity contribution >= 4 is 27.5 Å². The monoisotopic (exact) mass is 248 g/mol. The lowest BCUT2D eigenvalue weighted by molar-refractivity contribution is 0.322. The Hall–Kier alpha value is -0.210. The van der Waals surface area contributed by atoms with Crippen molar-refractivity contribution in [2.24, 2.45) is 0 Å². The van der Waals surface area contributed by atoms with Crippen LogP contribution in [0.5, 0.6) is 5.75 Å². The minimum atomic E-state index is 0.0326. The second-order valence-electron chi connectivity index (χ2n) is 2.38. The van der Waals surface area contributed by atoms with Gasteiger partial charge in [0.25, 0.3) is 0 Å². The SMILES string of the molecule is ClC(CBr)COc1ccccc1. The predicted octanol–water partition coefficient (Wildman–Crippen LogP) is 3.07. The number of alkyl halides is 2. The highest BCUT2D eigenvalue weighted by molar-refractivity contribution is 9.09. The van der Waals surface area contributed by atoms with Crippen LogP contribution in [0.1, 0.15) is 0 Å². The van der Waals surface area contributed by atoms with Crippen molar-refractivity contribution in [3.63, 3.8) is 0 Å². The van der Waals surface area contributed by atoms with Gasteiger partial charge in [0.2, 0.25) is 0 Å². The molecule has 1 aromatic rings. The van der Waals surface area contributed by atoms with E-state index < -0.39 is 0 Å². The van der Waals surface area contributed by atoms with Crippen molar-refractivity contribution < 1.29 is 4.74 Å². The average Bonchev–Trinajstić information content (AvgIpc) is 2.16. The topological polar surface area (TPSA) is 9.23 Å². The number of para-hydroxylation sites is 1. The first kappa shape index (κ1) is 9.87. The third-order valence-corrected chi connectivity index (χ3v) is 2.78. The molecule has 66 valence electrons. The molecule has 0 bridgehead atoms. The van der Waals surface area contributed by atoms with Crippen LogP contribution in [0.15, 0.2) is 30.3 Å². The van der Waals surface area contributed by atoms with Crippen LogP contribution < -0.4 is 4.74 Å². The zero-order valence-electron chi connectivity index (χ0n) is 6.54. The molecule has 1 rings (SSSR count). The minimum absolute atomic E-state index is 0.0326. The fourth-order valence-corrected chi connectivity index (χ4v) is 0.998. The Morgan fingerprint density at radius 2 is 2.00 bits per heavy atom. The molecule has 0 radical (unpaired) electrons. The van der Waals surface area contributed by atoms with Gasteiger partial charge in [-0.15, -0.1) is 11.6 Å². The first-order chi connectivity index (χ1) is 5.83. The van der Waals surface area contributed by atoms with Crippen molar-refractivity contribution in [3.05, 3.63) is 30.3 Å². The summed E-state index contributed by atoms with van der Waals surface area (Å²) in [7, 11) is 0. The summed E-state index contributed by atoms with van der Waals surface area (Å²) in [6, 6.07) is 9.66. The van der Waals surface area contributed by atoms with Crippen LogP contribution in [-0.4, -0.2) is 17.3 Å². The van der Waals surface area contributed by atoms with Crippen LogP contribution in [0.3, 0.4) is 0 Å². The second-order valence-corrected chi connectivity index (χ2v) is 3.64. The highest BCUT2D eigenvalue weighted by Gasteiger charge is 2.01. The molecule has 1 nitrogen and oxygen atoms in total. The molecule has 0 aliphatic carbocycles. The van der Waals surface area contributed by atoms with Crippen LogP contribution in [0, 0.1) is 0 Å². The zero-order chi connectivity index (χ0) is 8.81. The van der Waals surface area contributed by atoms with Gasteiger partial charge < -0.3 is 4.74 Å². The van der Waals surface area contributed by atoms with Gasteiger partial charge in [0.15, 0.2) is 0 Å². The molecule has 12 heavy (non-hydrogen) atoms. The molecule has 1 unspecified atom stereocenters. The van der Waals surface area contributed by atoms with Gasteiger partial charge in [-0.1, -0.05) is 34.1 Å². The van der Waals surface area contributed by atoms with Crippen LogP contribution >= 0.6 is 27.5 Å². The molecule has 1 atom stereocenters. The second kappa shape index (κ2) is 5.44. The smallest absolute Gasteiger partial charge is 0.119 e. The van der Waals surface area contributed by atoms with Crippen LogP contribution in [0.4, 0.5) is 0 Å². The lowest BCUT2D eigenvalue weighted by Crippen LogP contribution is -2.12. The molecular formula is C9H10BrClO. The maximum absolute atomic E-state index is 5.84. The fourth-order valence-electron chi connectivity index (χ4n) is 0.748. The number of hydrogen-bond acceptors (Lipinski definition) is 1. The van der Waals surface area contributed by atoms with E-state index in [1.807, 2.05) is 30.3 Å². The summed E-state index contributed by atoms with van der Waals surface area (Å²) in [5, 5.41) is 0.784. The first-order valence-corrected chi connectivity index (χ1v) is 5.26. The Balaban J connectivity index is 2.33. The summed E-state index contributed by atoms with van der Waals surface area (Å²) in [4.78, 5) is 0. The summed E-state index contributed by atoms with van der Waals surface area (Å²) in [5.74, 6) is 0.865. The molecule has 0 saturated carbocycles. The minimum Gasteiger partial charge on any atom is -0.492 e. The molecule has 0 aromatic heterocycles. The van der Waals surface area contributed by atoms with Crippen molar-refractivity contribution in [1.82, 2.24) is 0 Å². The summed E-state index contributed by atoms with van der Waals surface area (Å²) in [6.07, 6.45) is 0. The summed E-state index contributed by atoms with van der Waals surface area (Å²) >= 11 is 9.12. The molecule has 0 amide bonds. The van der Waals surface area contributed by atoms with Gasteiger partial charge in [-0.05, 0) is 12.1 Å². The van der Waals surface area contributed by atoms with Gasteiger partial charge in [-0.25, -0.2) is 0 Å². The molecule has 0 N–H and O–H groups in total. The van der Waals surface area contributed by atoms with E-state index in [0.29, 0.717) is 6.61 Å². The van der Waals surface area contributed by atoms with E-state index in [4.69, 9.17) is 16.3 Å². The molecule has 0 aliphatic rings. The average molecular weight is 250 g/mol. The Labute approximate surface area is 85.8 Å². The molecule has 0 aliphatic heterocycles. The van der Waals surface area contributed by atoms with Crippen molar-refractivity contribution in [2.45, 2.75) is 5.38 Å². The molecular weight excluding hydrogens is 239 g/mol. The quantitative estimate of drug-likeness (QED) is 0.745. The van der Waals surface area contributed by atoms with E-state index in [1.165, 1.54) is 0 Å². The van der Waals surface area contributed by atoms with Gasteiger partial charge in [0.1, 0.15) is 12.4 Å². The molecule has 0 heterocycles. The maximum Gasteiger partial charge on any atom is 0.119 e. The van der Waals surface area contributed by atoms with Gasteiger partial charge in [-0.3, -0.25) is 0 Å². The number of rotatable bonds is 4. The zero-order valence-corrected chi connectivity index (χ0v) is 8.88. The Kier molecular flexibility index (Phi) is 4.48. The number of benzene rings is 1. The lowest BCUT2D eigenvalue weighted by Gasteiger charge is -2.07. The normalized spacial score (nSPS) is 12.5. The molecule has 0 fully saturated rings. The largest absolute Gasteiger partial charge is 0.492 e. The van der Waals surface area contributed by atoms with E-state index in [2.05, 4.69) is 15.9 Å². The third-order valence-electron chi connectivity index (χ3n) is 1.34. The van der Waals surface area contributed by atoms with E-state index in [-0.39, 0.29) is 5.38 Å². The van der Waals surface area contributed by atoms with Crippen LogP contribution in [-0.2, 0) is 0 Å². The van der Waals surface area contributed by atoms with Crippen LogP contribution in [0.2, 0.25) is 0 Å². The summed E-state index contributed by atoms with van der Waals surface area (Å²) < 4.78 is 5.40. The molecule has 0 spiro atoms. The molecule has 0 saturated heterocycles. The number of ether oxygens (including phenoxy) is 1. The highest BCUT2D eigenvalue weighted by atomic mass is 79.9. The van der Waals surface area contributed by atoms with E-state index in [9.17, 15) is 0 Å². The van der Waals surface area contributed by atoms with Crippen molar-refractivity contribution in [3.8, 4) is 5.75 Å². The highest BCUT2D eigenvalue weighted by Crippen LogP contribution is 2.10. The van der Waals surface area contributed by atoms with Gasteiger partial charge >= 0.3 is 0 Å². The van der Waals surface area contributed by atoms with Gasteiger partial charge in [0, 0.05) is 5.33 Å². The molecule has 1 aromatic carbocycles. The Bertz CT molecular complexity index is 215. The fraction of sp³-hybridized carbons (Fsp3) is 0.333.